The number of hydrogen-bond donors (Lipinski definition) is 4. The number of H-pyrrole nitrogens is 1. The fraction of sp³-hybridized carbons (Fsp3) is 0.308. The molecule has 9 nitrogen and oxygen atoms in total. The van der Waals surface area contributed by atoms with Crippen molar-refractivity contribution in [3.63, 3.8) is 0 Å². The summed E-state index contributed by atoms with van der Waals surface area (Å²) in [6, 6.07) is 15.2. The van der Waals surface area contributed by atoms with Gasteiger partial charge in [0.05, 0.1) is 6.33 Å². The number of carbonyl (C=O) groups is 3. The summed E-state index contributed by atoms with van der Waals surface area (Å²) in [4.78, 5) is 43.1. The molecule has 1 heterocycles. The number of carbonyl (C=O) groups excluding carboxylic acids is 2. The van der Waals surface area contributed by atoms with E-state index in [1.807, 2.05) is 24.3 Å². The minimum absolute atomic E-state index is 0.0181. The lowest BCUT2D eigenvalue weighted by Gasteiger charge is -2.15. The van der Waals surface area contributed by atoms with Crippen LogP contribution in [0, 0.1) is 11.8 Å². The Morgan fingerprint density at radius 3 is 2.40 bits per heavy atom. The molecular weight excluding hydrogens is 448 g/mol. The number of nitrogens with zero attached hydrogens (tertiary/aromatic N) is 1. The summed E-state index contributed by atoms with van der Waals surface area (Å²) in [5, 5.41) is 14.7. The van der Waals surface area contributed by atoms with Gasteiger partial charge in [-0.05, 0) is 34.6 Å². The lowest BCUT2D eigenvalue weighted by molar-refractivity contribution is -0.142. The zero-order valence-corrected chi connectivity index (χ0v) is 18.9. The number of ether oxygens (including phenoxy) is 1. The Morgan fingerprint density at radius 1 is 1.09 bits per heavy atom. The van der Waals surface area contributed by atoms with Crippen LogP contribution in [0.4, 0.5) is 4.79 Å². The molecule has 2 aliphatic rings. The fourth-order valence-electron chi connectivity index (χ4n) is 4.75. The number of amides is 2. The van der Waals surface area contributed by atoms with Crippen LogP contribution in [0.5, 0.6) is 0 Å². The van der Waals surface area contributed by atoms with Crippen LogP contribution in [0.1, 0.15) is 29.2 Å². The molecule has 180 valence electrons. The molecule has 4 N–H and O–H groups in total. The van der Waals surface area contributed by atoms with Crippen LogP contribution < -0.4 is 10.6 Å². The van der Waals surface area contributed by atoms with E-state index >= 15 is 0 Å². The molecule has 5 rings (SSSR count). The van der Waals surface area contributed by atoms with E-state index in [1.165, 1.54) is 12.5 Å². The highest BCUT2D eigenvalue weighted by Gasteiger charge is 2.44. The van der Waals surface area contributed by atoms with Crippen molar-refractivity contribution in [2.75, 3.05) is 13.2 Å². The number of imidazole rings is 1. The second kappa shape index (κ2) is 9.61. The van der Waals surface area contributed by atoms with E-state index in [-0.39, 0.29) is 36.7 Å². The molecule has 0 radical (unpaired) electrons. The molecule has 3 atom stereocenters. The number of alkyl carbamates (subject to hydrolysis) is 1. The topological polar surface area (TPSA) is 133 Å². The predicted octanol–water partition coefficient (Wildman–Crippen LogP) is 2.70. The number of nitrogens with one attached hydrogen (secondary N) is 3. The van der Waals surface area contributed by atoms with Gasteiger partial charge in [0.1, 0.15) is 12.6 Å². The fourth-order valence-corrected chi connectivity index (χ4v) is 4.75. The van der Waals surface area contributed by atoms with E-state index in [9.17, 15) is 19.5 Å². The summed E-state index contributed by atoms with van der Waals surface area (Å²) in [5.41, 5.74) is 5.24. The monoisotopic (exact) mass is 474 g/mol. The third-order valence-corrected chi connectivity index (χ3v) is 6.71. The van der Waals surface area contributed by atoms with Gasteiger partial charge in [0.15, 0.2) is 0 Å². The van der Waals surface area contributed by atoms with Crippen molar-refractivity contribution in [2.24, 2.45) is 11.8 Å². The number of aromatic nitrogens is 2. The van der Waals surface area contributed by atoms with Crippen molar-refractivity contribution in [1.29, 1.82) is 0 Å². The Balaban J connectivity index is 1.09. The highest BCUT2D eigenvalue weighted by atomic mass is 16.5. The number of rotatable bonds is 9. The SMILES string of the molecule is O=C(NCC1CC1C(=O)N[C@H](Cc1cnc[nH]1)C(=O)O)OCC1c2ccccc2-c2ccccc21. The molecule has 0 spiro atoms. The first-order valence-electron chi connectivity index (χ1n) is 11.6. The molecule has 1 fully saturated rings. The number of aromatic amines is 1. The smallest absolute Gasteiger partial charge is 0.407 e. The van der Waals surface area contributed by atoms with Gasteiger partial charge >= 0.3 is 12.1 Å². The standard InChI is InChI=1S/C26H26N4O5/c31-24(30-23(25(32)33)10-16-12-27-14-29-16)21-9-15(21)11-28-26(34)35-13-22-19-7-3-1-5-17(19)18-6-2-4-8-20(18)22/h1-8,12,14-15,21-23H,9-11,13H2,(H,27,29)(H,28,34)(H,30,31)(H,32,33)/t15?,21?,23-/m1/s1. The van der Waals surface area contributed by atoms with Gasteiger partial charge in [0, 0.05) is 36.7 Å². The van der Waals surface area contributed by atoms with Crippen molar-refractivity contribution in [1.82, 2.24) is 20.6 Å². The zero-order chi connectivity index (χ0) is 24.4. The van der Waals surface area contributed by atoms with Gasteiger partial charge in [0.2, 0.25) is 5.91 Å². The van der Waals surface area contributed by atoms with E-state index in [4.69, 9.17) is 4.74 Å². The molecule has 2 amide bonds. The van der Waals surface area contributed by atoms with E-state index in [1.54, 1.807) is 0 Å². The number of fused-ring (bicyclic) bond motifs is 3. The first-order chi connectivity index (χ1) is 17.0. The highest BCUT2D eigenvalue weighted by Crippen LogP contribution is 2.44. The van der Waals surface area contributed by atoms with E-state index in [0.29, 0.717) is 18.7 Å². The summed E-state index contributed by atoms with van der Waals surface area (Å²) in [5.74, 6) is -1.82. The van der Waals surface area contributed by atoms with Crippen LogP contribution in [-0.2, 0) is 20.7 Å². The third kappa shape index (κ3) is 4.89. The van der Waals surface area contributed by atoms with Crippen molar-refractivity contribution in [3.8, 4) is 11.1 Å². The van der Waals surface area contributed by atoms with Crippen LogP contribution >= 0.6 is 0 Å². The van der Waals surface area contributed by atoms with Crippen LogP contribution in [0.3, 0.4) is 0 Å². The van der Waals surface area contributed by atoms with Gasteiger partial charge < -0.3 is 25.5 Å². The summed E-state index contributed by atoms with van der Waals surface area (Å²) >= 11 is 0. The second-order valence-electron chi connectivity index (χ2n) is 8.99. The molecule has 0 aliphatic heterocycles. The predicted molar refractivity (Wildman–Crippen MR) is 127 cm³/mol. The third-order valence-electron chi connectivity index (χ3n) is 6.71. The van der Waals surface area contributed by atoms with Crippen molar-refractivity contribution in [2.45, 2.75) is 24.8 Å². The quantitative estimate of drug-likeness (QED) is 0.377. The first kappa shape index (κ1) is 22.6. The van der Waals surface area contributed by atoms with Gasteiger partial charge in [-0.15, -0.1) is 0 Å². The van der Waals surface area contributed by atoms with Gasteiger partial charge in [-0.2, -0.15) is 0 Å². The summed E-state index contributed by atoms with van der Waals surface area (Å²) in [6.45, 7) is 0.523. The second-order valence-corrected chi connectivity index (χ2v) is 8.99. The summed E-state index contributed by atoms with van der Waals surface area (Å²) < 4.78 is 5.53. The lowest BCUT2D eigenvalue weighted by Crippen LogP contribution is -2.43. The van der Waals surface area contributed by atoms with E-state index in [2.05, 4.69) is 44.9 Å². The molecule has 1 aromatic heterocycles. The van der Waals surface area contributed by atoms with Crippen LogP contribution in [0.15, 0.2) is 61.1 Å². The van der Waals surface area contributed by atoms with E-state index in [0.717, 1.165) is 22.3 Å². The first-order valence-corrected chi connectivity index (χ1v) is 11.6. The minimum Gasteiger partial charge on any atom is -0.480 e. The molecule has 0 saturated heterocycles. The van der Waals surface area contributed by atoms with Gasteiger partial charge in [0.25, 0.3) is 0 Å². The average molecular weight is 475 g/mol. The minimum atomic E-state index is -1.11. The molecule has 3 aromatic rings. The maximum atomic E-state index is 12.5. The van der Waals surface area contributed by atoms with Gasteiger partial charge in [-0.3, -0.25) is 4.79 Å². The Hall–Kier alpha value is -4.14. The van der Waals surface area contributed by atoms with Crippen molar-refractivity contribution < 1.29 is 24.2 Å². The molecule has 2 unspecified atom stereocenters. The molecule has 2 aromatic carbocycles. The average Bonchev–Trinajstić information content (AvgIpc) is 3.32. The normalized spacial score (nSPS) is 18.7. The molecular formula is C26H26N4O5. The van der Waals surface area contributed by atoms with Crippen LogP contribution in [0.2, 0.25) is 0 Å². The Labute approximate surface area is 201 Å². The number of carboxylic acid groups (broad SMARTS) is 1. The zero-order valence-electron chi connectivity index (χ0n) is 18.9. The lowest BCUT2D eigenvalue weighted by atomic mass is 9.98. The van der Waals surface area contributed by atoms with Gasteiger partial charge in [-0.25, -0.2) is 14.6 Å². The Bertz CT molecular complexity index is 1200. The van der Waals surface area contributed by atoms with Crippen molar-refractivity contribution >= 4 is 18.0 Å². The largest absolute Gasteiger partial charge is 0.480 e. The molecule has 9 heteroatoms. The Morgan fingerprint density at radius 2 is 1.77 bits per heavy atom. The molecule has 1 saturated carbocycles. The maximum absolute atomic E-state index is 12.5. The molecule has 0 bridgehead atoms. The molecule has 2 aliphatic carbocycles. The van der Waals surface area contributed by atoms with E-state index < -0.39 is 18.1 Å². The van der Waals surface area contributed by atoms with Crippen molar-refractivity contribution in [3.05, 3.63) is 77.9 Å². The Kier molecular flexibility index (Phi) is 6.22. The number of hydrogen-bond acceptors (Lipinski definition) is 5. The number of carboxylic acids is 1. The van der Waals surface area contributed by atoms with Crippen LogP contribution in [-0.4, -0.2) is 52.2 Å². The number of benzene rings is 2. The highest BCUT2D eigenvalue weighted by molar-refractivity contribution is 5.87. The summed E-state index contributed by atoms with van der Waals surface area (Å²) in [7, 11) is 0. The molecule has 35 heavy (non-hydrogen) atoms. The van der Waals surface area contributed by atoms with Gasteiger partial charge in [-0.1, -0.05) is 48.5 Å². The number of aliphatic carboxylic acids is 1. The van der Waals surface area contributed by atoms with Crippen LogP contribution in [0.25, 0.3) is 11.1 Å². The summed E-state index contributed by atoms with van der Waals surface area (Å²) in [6.07, 6.45) is 3.17. The maximum Gasteiger partial charge on any atom is 0.407 e.